The van der Waals surface area contributed by atoms with Gasteiger partial charge in [-0.25, -0.2) is 4.98 Å². The van der Waals surface area contributed by atoms with Crippen LogP contribution in [0, 0.1) is 6.92 Å². The molecule has 1 heterocycles. The summed E-state index contributed by atoms with van der Waals surface area (Å²) in [5.74, 6) is -0.0815. The van der Waals surface area contributed by atoms with E-state index >= 15 is 0 Å². The van der Waals surface area contributed by atoms with E-state index in [0.29, 0.717) is 18.2 Å². The van der Waals surface area contributed by atoms with Crippen LogP contribution in [-0.2, 0) is 16.0 Å². The summed E-state index contributed by atoms with van der Waals surface area (Å²) < 4.78 is 5.06. The lowest BCUT2D eigenvalue weighted by molar-refractivity contribution is -0.125. The van der Waals surface area contributed by atoms with Crippen molar-refractivity contribution in [2.45, 2.75) is 20.3 Å². The third-order valence-corrected chi connectivity index (χ3v) is 4.61. The number of carbonyl (C=O) groups is 1. The molecular formula is C16H19ClN2O2S. The molecule has 0 fully saturated rings. The molecule has 1 N–H and O–H groups in total. The van der Waals surface area contributed by atoms with E-state index in [1.54, 1.807) is 11.3 Å². The first-order valence-electron chi connectivity index (χ1n) is 7.17. The highest BCUT2D eigenvalue weighted by molar-refractivity contribution is 7.15. The van der Waals surface area contributed by atoms with Gasteiger partial charge in [0, 0.05) is 35.0 Å². The van der Waals surface area contributed by atoms with E-state index in [9.17, 15) is 4.79 Å². The number of aromatic nitrogens is 1. The molecule has 0 saturated carbocycles. The van der Waals surface area contributed by atoms with E-state index in [2.05, 4.69) is 10.3 Å². The fourth-order valence-corrected chi connectivity index (χ4v) is 3.13. The zero-order valence-electron chi connectivity index (χ0n) is 12.7. The third-order valence-electron chi connectivity index (χ3n) is 3.10. The molecule has 118 valence electrons. The molecule has 0 aliphatic heterocycles. The molecule has 0 spiro atoms. The van der Waals surface area contributed by atoms with Gasteiger partial charge in [-0.3, -0.25) is 4.79 Å². The van der Waals surface area contributed by atoms with Crippen LogP contribution in [0.5, 0.6) is 0 Å². The largest absolute Gasteiger partial charge is 0.372 e. The number of thiazole rings is 1. The average molecular weight is 339 g/mol. The normalized spacial score (nSPS) is 10.7. The molecule has 0 aliphatic carbocycles. The third kappa shape index (κ3) is 4.80. The van der Waals surface area contributed by atoms with E-state index in [0.717, 1.165) is 22.7 Å². The van der Waals surface area contributed by atoms with Crippen LogP contribution >= 0.6 is 22.9 Å². The highest BCUT2D eigenvalue weighted by atomic mass is 35.5. The number of amides is 1. The Kier molecular flexibility index (Phi) is 6.36. The number of rotatable bonds is 7. The van der Waals surface area contributed by atoms with Gasteiger partial charge in [-0.2, -0.15) is 0 Å². The second kappa shape index (κ2) is 8.27. The van der Waals surface area contributed by atoms with Crippen molar-refractivity contribution in [3.63, 3.8) is 0 Å². The minimum Gasteiger partial charge on any atom is -0.372 e. The molecule has 0 radical (unpaired) electrons. The topological polar surface area (TPSA) is 51.2 Å². The monoisotopic (exact) mass is 338 g/mol. The van der Waals surface area contributed by atoms with Gasteiger partial charge in [0.25, 0.3) is 0 Å². The molecule has 0 saturated heterocycles. The number of hydrogen-bond acceptors (Lipinski definition) is 4. The molecule has 1 aromatic heterocycles. The Morgan fingerprint density at radius 3 is 2.77 bits per heavy atom. The quantitative estimate of drug-likeness (QED) is 0.841. The van der Waals surface area contributed by atoms with Gasteiger partial charge in [-0.1, -0.05) is 23.7 Å². The Balaban J connectivity index is 1.93. The second-order valence-corrected chi connectivity index (χ2v) is 6.29. The maximum atomic E-state index is 11.5. The molecule has 0 unspecified atom stereocenters. The van der Waals surface area contributed by atoms with Gasteiger partial charge >= 0.3 is 0 Å². The molecule has 0 aliphatic rings. The fourth-order valence-electron chi connectivity index (χ4n) is 1.94. The Morgan fingerprint density at radius 2 is 2.09 bits per heavy atom. The van der Waals surface area contributed by atoms with Crippen LogP contribution in [0.3, 0.4) is 0 Å². The minimum atomic E-state index is -0.0815. The van der Waals surface area contributed by atoms with Crippen LogP contribution in [0.4, 0.5) is 0 Å². The Morgan fingerprint density at radius 1 is 1.36 bits per heavy atom. The zero-order chi connectivity index (χ0) is 15.9. The number of nitrogens with one attached hydrogen (secondary N) is 1. The van der Waals surface area contributed by atoms with E-state index in [4.69, 9.17) is 16.3 Å². The maximum Gasteiger partial charge on any atom is 0.246 e. The maximum absolute atomic E-state index is 11.5. The van der Waals surface area contributed by atoms with Crippen LogP contribution in [0.25, 0.3) is 10.6 Å². The number of benzene rings is 1. The van der Waals surface area contributed by atoms with Gasteiger partial charge < -0.3 is 10.1 Å². The van der Waals surface area contributed by atoms with Crippen LogP contribution < -0.4 is 5.32 Å². The van der Waals surface area contributed by atoms with Crippen molar-refractivity contribution in [3.05, 3.63) is 39.9 Å². The molecule has 6 heteroatoms. The van der Waals surface area contributed by atoms with E-state index in [1.807, 2.05) is 38.1 Å². The molecule has 1 amide bonds. The SMILES string of the molecule is CCOCC(=O)NCCc1sc(-c2ccc(Cl)cc2)nc1C. The van der Waals surface area contributed by atoms with Crippen LogP contribution in [0.2, 0.25) is 5.02 Å². The number of ether oxygens (including phenoxy) is 1. The fraction of sp³-hybridized carbons (Fsp3) is 0.375. The lowest BCUT2D eigenvalue weighted by Crippen LogP contribution is -2.29. The van der Waals surface area contributed by atoms with Crippen molar-refractivity contribution in [2.24, 2.45) is 0 Å². The van der Waals surface area contributed by atoms with Crippen molar-refractivity contribution >= 4 is 28.8 Å². The molecule has 0 bridgehead atoms. The Hall–Kier alpha value is -1.43. The van der Waals surface area contributed by atoms with Gasteiger partial charge in [0.05, 0.1) is 5.69 Å². The number of carbonyl (C=O) groups excluding carboxylic acids is 1. The van der Waals surface area contributed by atoms with Gasteiger partial charge in [0.15, 0.2) is 0 Å². The predicted octanol–water partition coefficient (Wildman–Crippen LogP) is 3.47. The molecule has 2 rings (SSSR count). The summed E-state index contributed by atoms with van der Waals surface area (Å²) in [7, 11) is 0. The number of aryl methyl sites for hydroxylation is 1. The molecule has 4 nitrogen and oxygen atoms in total. The van der Waals surface area contributed by atoms with Crippen molar-refractivity contribution in [3.8, 4) is 10.6 Å². The standard InChI is InChI=1S/C16H19ClN2O2S/c1-3-21-10-15(20)18-9-8-14-11(2)19-16(22-14)12-4-6-13(17)7-5-12/h4-7H,3,8-10H2,1-2H3,(H,18,20). The highest BCUT2D eigenvalue weighted by Gasteiger charge is 2.10. The molecular weight excluding hydrogens is 320 g/mol. The number of nitrogens with zero attached hydrogens (tertiary/aromatic N) is 1. The van der Waals surface area contributed by atoms with Gasteiger partial charge in [0.1, 0.15) is 11.6 Å². The highest BCUT2D eigenvalue weighted by Crippen LogP contribution is 2.28. The minimum absolute atomic E-state index is 0.0815. The summed E-state index contributed by atoms with van der Waals surface area (Å²) in [5, 5.41) is 4.54. The first-order valence-corrected chi connectivity index (χ1v) is 8.36. The van der Waals surface area contributed by atoms with Crippen molar-refractivity contribution in [1.82, 2.24) is 10.3 Å². The smallest absolute Gasteiger partial charge is 0.246 e. The van der Waals surface area contributed by atoms with Crippen LogP contribution in [0.15, 0.2) is 24.3 Å². The average Bonchev–Trinajstić information content (AvgIpc) is 2.87. The molecule has 2 aromatic rings. The molecule has 1 aromatic carbocycles. The Bertz CT molecular complexity index is 626. The summed E-state index contributed by atoms with van der Waals surface area (Å²) in [6.07, 6.45) is 0.773. The summed E-state index contributed by atoms with van der Waals surface area (Å²) in [5.41, 5.74) is 2.07. The predicted molar refractivity (Wildman–Crippen MR) is 90.5 cm³/mol. The second-order valence-electron chi connectivity index (χ2n) is 4.77. The van der Waals surface area contributed by atoms with Crippen molar-refractivity contribution in [1.29, 1.82) is 0 Å². The number of hydrogen-bond donors (Lipinski definition) is 1. The number of halogens is 1. The van der Waals surface area contributed by atoms with E-state index in [1.165, 1.54) is 4.88 Å². The first-order chi connectivity index (χ1) is 10.6. The van der Waals surface area contributed by atoms with Crippen molar-refractivity contribution < 1.29 is 9.53 Å². The first kappa shape index (κ1) is 16.9. The lowest BCUT2D eigenvalue weighted by atomic mass is 10.2. The zero-order valence-corrected chi connectivity index (χ0v) is 14.3. The summed E-state index contributed by atoms with van der Waals surface area (Å²) in [6, 6.07) is 7.66. The van der Waals surface area contributed by atoms with Gasteiger partial charge in [0.2, 0.25) is 5.91 Å². The summed E-state index contributed by atoms with van der Waals surface area (Å²) in [6.45, 7) is 5.12. The van der Waals surface area contributed by atoms with Crippen LogP contribution in [-0.4, -0.2) is 30.6 Å². The van der Waals surface area contributed by atoms with E-state index in [-0.39, 0.29) is 12.5 Å². The molecule has 0 atom stereocenters. The van der Waals surface area contributed by atoms with Crippen LogP contribution in [0.1, 0.15) is 17.5 Å². The van der Waals surface area contributed by atoms with Gasteiger partial charge in [-0.15, -0.1) is 11.3 Å². The summed E-state index contributed by atoms with van der Waals surface area (Å²) in [4.78, 5) is 17.3. The van der Waals surface area contributed by atoms with E-state index < -0.39 is 0 Å². The Labute approximate surface area is 139 Å². The van der Waals surface area contributed by atoms with Crippen molar-refractivity contribution in [2.75, 3.05) is 19.8 Å². The molecule has 22 heavy (non-hydrogen) atoms. The van der Waals surface area contributed by atoms with Gasteiger partial charge in [-0.05, 0) is 26.0 Å². The lowest BCUT2D eigenvalue weighted by Gasteiger charge is -2.04. The summed E-state index contributed by atoms with van der Waals surface area (Å²) >= 11 is 7.55.